The standard InChI is InChI=1S/C13H16F3N3O2S/c1-12(2,3)9-10(20)19(11(21)18-9)5-4-8-17-7(6-22-8)13(14,15)16/h6,9H,4-5H2,1-3H3,(H,18,21)/t9-/m1/s1. The lowest BCUT2D eigenvalue weighted by Crippen LogP contribution is -2.41. The fourth-order valence-corrected chi connectivity index (χ4v) is 2.88. The van der Waals surface area contributed by atoms with Gasteiger partial charge in [0, 0.05) is 18.3 Å². The van der Waals surface area contributed by atoms with Crippen molar-refractivity contribution in [2.24, 2.45) is 5.41 Å². The molecule has 9 heteroatoms. The molecule has 0 radical (unpaired) electrons. The van der Waals surface area contributed by atoms with Crippen molar-refractivity contribution in [2.45, 2.75) is 39.4 Å². The van der Waals surface area contributed by atoms with Crippen LogP contribution in [0.4, 0.5) is 18.0 Å². The molecule has 1 atom stereocenters. The van der Waals surface area contributed by atoms with Gasteiger partial charge in [0.1, 0.15) is 6.04 Å². The molecule has 22 heavy (non-hydrogen) atoms. The number of urea groups is 1. The first-order valence-electron chi connectivity index (χ1n) is 6.63. The molecule has 1 aliphatic rings. The first kappa shape index (κ1) is 16.7. The first-order valence-corrected chi connectivity index (χ1v) is 7.51. The smallest absolute Gasteiger partial charge is 0.325 e. The van der Waals surface area contributed by atoms with E-state index in [2.05, 4.69) is 10.3 Å². The van der Waals surface area contributed by atoms with E-state index in [0.29, 0.717) is 0 Å². The summed E-state index contributed by atoms with van der Waals surface area (Å²) in [6.07, 6.45) is -4.37. The molecule has 2 rings (SSSR count). The molecule has 1 aliphatic heterocycles. The van der Waals surface area contributed by atoms with E-state index in [0.717, 1.165) is 21.6 Å². The maximum Gasteiger partial charge on any atom is 0.434 e. The summed E-state index contributed by atoms with van der Waals surface area (Å²) in [7, 11) is 0. The summed E-state index contributed by atoms with van der Waals surface area (Å²) in [5, 5.41) is 3.77. The van der Waals surface area contributed by atoms with Gasteiger partial charge < -0.3 is 5.32 Å². The number of hydrogen-bond acceptors (Lipinski definition) is 4. The molecule has 1 aromatic heterocycles. The molecule has 0 bridgehead atoms. The number of hydrogen-bond donors (Lipinski definition) is 1. The van der Waals surface area contributed by atoms with Crippen LogP contribution in [-0.4, -0.2) is 34.4 Å². The first-order chi connectivity index (χ1) is 10.00. The highest BCUT2D eigenvalue weighted by Gasteiger charge is 2.44. The Morgan fingerprint density at radius 1 is 1.32 bits per heavy atom. The predicted octanol–water partition coefficient (Wildman–Crippen LogP) is 2.67. The van der Waals surface area contributed by atoms with Crippen molar-refractivity contribution in [3.8, 4) is 0 Å². The molecule has 5 nitrogen and oxygen atoms in total. The zero-order chi connectivity index (χ0) is 16.7. The third kappa shape index (κ3) is 3.40. The number of nitrogens with one attached hydrogen (secondary N) is 1. The van der Waals surface area contributed by atoms with E-state index in [9.17, 15) is 22.8 Å². The van der Waals surface area contributed by atoms with Gasteiger partial charge in [-0.3, -0.25) is 9.69 Å². The second-order valence-corrected chi connectivity index (χ2v) is 7.06. The molecule has 1 saturated heterocycles. The van der Waals surface area contributed by atoms with Crippen molar-refractivity contribution in [2.75, 3.05) is 6.54 Å². The van der Waals surface area contributed by atoms with Crippen molar-refractivity contribution < 1.29 is 22.8 Å². The summed E-state index contributed by atoms with van der Waals surface area (Å²) < 4.78 is 37.4. The van der Waals surface area contributed by atoms with Crippen LogP contribution in [0.1, 0.15) is 31.5 Å². The molecule has 0 aliphatic carbocycles. The van der Waals surface area contributed by atoms with Crippen molar-refractivity contribution in [1.29, 1.82) is 0 Å². The number of aromatic nitrogens is 1. The van der Waals surface area contributed by atoms with Crippen LogP contribution in [0.15, 0.2) is 5.38 Å². The Kier molecular flexibility index (Phi) is 4.20. The third-order valence-electron chi connectivity index (χ3n) is 3.28. The Labute approximate surface area is 129 Å². The summed E-state index contributed by atoms with van der Waals surface area (Å²) in [6, 6.07) is -1.14. The summed E-state index contributed by atoms with van der Waals surface area (Å²) in [5.41, 5.74) is -1.37. The van der Waals surface area contributed by atoms with Gasteiger partial charge in [0.25, 0.3) is 5.91 Å². The molecule has 1 aromatic rings. The highest BCUT2D eigenvalue weighted by Crippen LogP contribution is 2.30. The molecule has 0 saturated carbocycles. The van der Waals surface area contributed by atoms with E-state index in [1.807, 2.05) is 20.8 Å². The highest BCUT2D eigenvalue weighted by atomic mass is 32.1. The van der Waals surface area contributed by atoms with Gasteiger partial charge >= 0.3 is 12.2 Å². The minimum Gasteiger partial charge on any atom is -0.325 e. The van der Waals surface area contributed by atoms with Crippen LogP contribution in [0.2, 0.25) is 0 Å². The van der Waals surface area contributed by atoms with E-state index in [1.54, 1.807) is 0 Å². The van der Waals surface area contributed by atoms with Crippen LogP contribution in [0.3, 0.4) is 0 Å². The Balaban J connectivity index is 2.01. The Bertz CT molecular complexity index is 592. The SMILES string of the molecule is CC(C)(C)[C@@H]1NC(=O)N(CCc2nc(C(F)(F)F)cs2)C1=O. The monoisotopic (exact) mass is 335 g/mol. The number of amides is 3. The highest BCUT2D eigenvalue weighted by molar-refractivity contribution is 7.09. The van der Waals surface area contributed by atoms with Gasteiger partial charge in [0.2, 0.25) is 0 Å². The van der Waals surface area contributed by atoms with Gasteiger partial charge in [-0.05, 0) is 5.41 Å². The summed E-state index contributed by atoms with van der Waals surface area (Å²) in [4.78, 5) is 28.5. The minimum absolute atomic E-state index is 0.0159. The molecule has 0 unspecified atom stereocenters. The van der Waals surface area contributed by atoms with E-state index >= 15 is 0 Å². The van der Waals surface area contributed by atoms with Crippen LogP contribution in [-0.2, 0) is 17.4 Å². The van der Waals surface area contributed by atoms with Gasteiger partial charge in [-0.25, -0.2) is 9.78 Å². The topological polar surface area (TPSA) is 62.3 Å². The van der Waals surface area contributed by atoms with E-state index in [-0.39, 0.29) is 23.9 Å². The quantitative estimate of drug-likeness (QED) is 0.864. The van der Waals surface area contributed by atoms with E-state index in [1.165, 1.54) is 0 Å². The van der Waals surface area contributed by atoms with Crippen LogP contribution in [0, 0.1) is 5.41 Å². The number of nitrogens with zero attached hydrogens (tertiary/aromatic N) is 2. The minimum atomic E-state index is -4.48. The molecule has 0 aromatic carbocycles. The fourth-order valence-electron chi connectivity index (χ4n) is 2.08. The van der Waals surface area contributed by atoms with Crippen molar-refractivity contribution in [3.05, 3.63) is 16.1 Å². The van der Waals surface area contributed by atoms with Gasteiger partial charge in [-0.15, -0.1) is 11.3 Å². The van der Waals surface area contributed by atoms with Gasteiger partial charge in [-0.1, -0.05) is 20.8 Å². The molecule has 122 valence electrons. The number of carbonyl (C=O) groups excluding carboxylic acids is 2. The molecule has 1 fully saturated rings. The molecule has 1 N–H and O–H groups in total. The number of alkyl halides is 3. The molecular formula is C13H16F3N3O2S. The maximum absolute atomic E-state index is 12.5. The number of rotatable bonds is 3. The summed E-state index contributed by atoms with van der Waals surface area (Å²) >= 11 is 0.868. The average Bonchev–Trinajstić information content (AvgIpc) is 2.92. The number of imide groups is 1. The Morgan fingerprint density at radius 2 is 1.95 bits per heavy atom. The molecule has 2 heterocycles. The number of halogens is 3. The molecule has 0 spiro atoms. The summed E-state index contributed by atoms with van der Waals surface area (Å²) in [5.74, 6) is -0.356. The van der Waals surface area contributed by atoms with Gasteiger partial charge in [0.05, 0.1) is 5.01 Å². The largest absolute Gasteiger partial charge is 0.434 e. The normalized spacial score (nSPS) is 19.7. The van der Waals surface area contributed by atoms with Crippen LogP contribution >= 0.6 is 11.3 Å². The van der Waals surface area contributed by atoms with Gasteiger partial charge in [0.15, 0.2) is 5.69 Å². The third-order valence-corrected chi connectivity index (χ3v) is 4.19. The van der Waals surface area contributed by atoms with Crippen molar-refractivity contribution in [3.63, 3.8) is 0 Å². The van der Waals surface area contributed by atoms with E-state index in [4.69, 9.17) is 0 Å². The zero-order valence-electron chi connectivity index (χ0n) is 12.3. The molecular weight excluding hydrogens is 319 g/mol. The number of thiazole rings is 1. The second kappa shape index (κ2) is 5.53. The fraction of sp³-hybridized carbons (Fsp3) is 0.615. The lowest BCUT2D eigenvalue weighted by molar-refractivity contribution is -0.140. The molecule has 3 amide bonds. The average molecular weight is 335 g/mol. The van der Waals surface area contributed by atoms with Crippen LogP contribution in [0.5, 0.6) is 0 Å². The zero-order valence-corrected chi connectivity index (χ0v) is 13.1. The Hall–Kier alpha value is -1.64. The van der Waals surface area contributed by atoms with Crippen molar-refractivity contribution in [1.82, 2.24) is 15.2 Å². The summed E-state index contributed by atoms with van der Waals surface area (Å²) in [6.45, 7) is 5.50. The predicted molar refractivity (Wildman–Crippen MR) is 74.3 cm³/mol. The second-order valence-electron chi connectivity index (χ2n) is 6.11. The lowest BCUT2D eigenvalue weighted by Gasteiger charge is -2.24. The van der Waals surface area contributed by atoms with Crippen LogP contribution < -0.4 is 5.32 Å². The van der Waals surface area contributed by atoms with Crippen molar-refractivity contribution >= 4 is 23.3 Å². The maximum atomic E-state index is 12.5. The van der Waals surface area contributed by atoms with Crippen LogP contribution in [0.25, 0.3) is 0 Å². The lowest BCUT2D eigenvalue weighted by atomic mass is 9.87. The number of carbonyl (C=O) groups is 2. The van der Waals surface area contributed by atoms with E-state index < -0.39 is 29.4 Å². The van der Waals surface area contributed by atoms with Gasteiger partial charge in [-0.2, -0.15) is 13.2 Å². The Morgan fingerprint density at radius 3 is 2.41 bits per heavy atom.